The molecular formula is C16H18N2O3S. The molecule has 22 heavy (non-hydrogen) atoms. The van der Waals surface area contributed by atoms with Gasteiger partial charge in [0, 0.05) is 24.6 Å². The molecule has 2 rings (SSSR count). The number of anilines is 1. The van der Waals surface area contributed by atoms with E-state index in [9.17, 15) is 9.59 Å². The summed E-state index contributed by atoms with van der Waals surface area (Å²) in [6, 6.07) is 11.1. The van der Waals surface area contributed by atoms with Gasteiger partial charge in [0.25, 0.3) is 0 Å². The zero-order chi connectivity index (χ0) is 15.9. The topological polar surface area (TPSA) is 62.6 Å². The summed E-state index contributed by atoms with van der Waals surface area (Å²) in [5.74, 6) is 1.06. The summed E-state index contributed by atoms with van der Waals surface area (Å²) in [5, 5.41) is 2.71. The van der Waals surface area contributed by atoms with Crippen molar-refractivity contribution >= 4 is 29.3 Å². The van der Waals surface area contributed by atoms with Gasteiger partial charge >= 0.3 is 0 Å². The van der Waals surface area contributed by atoms with Crippen LogP contribution in [-0.4, -0.2) is 29.5 Å². The highest BCUT2D eigenvalue weighted by Crippen LogP contribution is 2.21. The standard InChI is InChI=1S/C16H18N2O3S/c1-12(19)17-13-5-7-15(8-6-13)22-11-16(20)18(2)10-14-4-3-9-21-14/h3-9H,10-11H2,1-2H3,(H,17,19). The summed E-state index contributed by atoms with van der Waals surface area (Å²) < 4.78 is 5.23. The van der Waals surface area contributed by atoms with Gasteiger partial charge < -0.3 is 14.6 Å². The van der Waals surface area contributed by atoms with Crippen molar-refractivity contribution in [2.24, 2.45) is 0 Å². The van der Waals surface area contributed by atoms with Gasteiger partial charge in [0.15, 0.2) is 0 Å². The number of furan rings is 1. The predicted molar refractivity (Wildman–Crippen MR) is 86.7 cm³/mol. The van der Waals surface area contributed by atoms with Crippen molar-refractivity contribution < 1.29 is 14.0 Å². The molecule has 1 N–H and O–H groups in total. The SMILES string of the molecule is CC(=O)Nc1ccc(SCC(=O)N(C)Cc2ccco2)cc1. The Bertz CT molecular complexity index is 623. The Morgan fingerprint density at radius 2 is 1.95 bits per heavy atom. The fourth-order valence-corrected chi connectivity index (χ4v) is 2.66. The maximum atomic E-state index is 12.1. The average molecular weight is 318 g/mol. The van der Waals surface area contributed by atoms with E-state index in [1.165, 1.54) is 18.7 Å². The maximum Gasteiger partial charge on any atom is 0.233 e. The molecule has 2 amide bonds. The maximum absolute atomic E-state index is 12.1. The number of thioether (sulfide) groups is 1. The number of amides is 2. The molecule has 0 spiro atoms. The van der Waals surface area contributed by atoms with Gasteiger partial charge in [-0.2, -0.15) is 0 Å². The van der Waals surface area contributed by atoms with Crippen LogP contribution < -0.4 is 5.32 Å². The first-order chi connectivity index (χ1) is 10.5. The van der Waals surface area contributed by atoms with Gasteiger partial charge in [-0.25, -0.2) is 0 Å². The lowest BCUT2D eigenvalue weighted by Crippen LogP contribution is -2.27. The average Bonchev–Trinajstić information content (AvgIpc) is 2.98. The number of nitrogens with one attached hydrogen (secondary N) is 1. The van der Waals surface area contributed by atoms with E-state index in [1.807, 2.05) is 30.3 Å². The van der Waals surface area contributed by atoms with Crippen LogP contribution >= 0.6 is 11.8 Å². The minimum atomic E-state index is -0.102. The van der Waals surface area contributed by atoms with Crippen LogP contribution in [0.3, 0.4) is 0 Å². The molecule has 116 valence electrons. The first-order valence-corrected chi connectivity index (χ1v) is 7.80. The Kier molecular flexibility index (Phi) is 5.66. The third-order valence-electron chi connectivity index (χ3n) is 2.94. The van der Waals surface area contributed by atoms with Gasteiger partial charge in [0.05, 0.1) is 18.6 Å². The van der Waals surface area contributed by atoms with Crippen LogP contribution in [0.4, 0.5) is 5.69 Å². The van der Waals surface area contributed by atoms with E-state index in [2.05, 4.69) is 5.32 Å². The lowest BCUT2D eigenvalue weighted by Gasteiger charge is -2.15. The van der Waals surface area contributed by atoms with E-state index in [0.717, 1.165) is 16.3 Å². The van der Waals surface area contributed by atoms with Crippen LogP contribution in [0, 0.1) is 0 Å². The highest BCUT2D eigenvalue weighted by atomic mass is 32.2. The van der Waals surface area contributed by atoms with Crippen molar-refractivity contribution in [3.63, 3.8) is 0 Å². The Morgan fingerprint density at radius 3 is 2.55 bits per heavy atom. The molecule has 5 nitrogen and oxygen atoms in total. The Balaban J connectivity index is 1.81. The Morgan fingerprint density at radius 1 is 1.23 bits per heavy atom. The summed E-state index contributed by atoms with van der Waals surface area (Å²) >= 11 is 1.46. The Hall–Kier alpha value is -2.21. The van der Waals surface area contributed by atoms with Gasteiger partial charge in [-0.05, 0) is 36.4 Å². The van der Waals surface area contributed by atoms with E-state index in [0.29, 0.717) is 12.3 Å². The lowest BCUT2D eigenvalue weighted by atomic mass is 10.3. The highest BCUT2D eigenvalue weighted by molar-refractivity contribution is 8.00. The zero-order valence-corrected chi connectivity index (χ0v) is 13.4. The number of benzene rings is 1. The van der Waals surface area contributed by atoms with Crippen molar-refractivity contribution in [3.8, 4) is 0 Å². The largest absolute Gasteiger partial charge is 0.467 e. The fraction of sp³-hybridized carbons (Fsp3) is 0.250. The quantitative estimate of drug-likeness (QED) is 0.832. The highest BCUT2D eigenvalue weighted by Gasteiger charge is 2.11. The van der Waals surface area contributed by atoms with E-state index in [1.54, 1.807) is 24.3 Å². The molecule has 0 aliphatic carbocycles. The molecule has 0 saturated heterocycles. The molecular weight excluding hydrogens is 300 g/mol. The van der Waals surface area contributed by atoms with Crippen molar-refractivity contribution in [2.75, 3.05) is 18.1 Å². The lowest BCUT2D eigenvalue weighted by molar-refractivity contribution is -0.127. The summed E-state index contributed by atoms with van der Waals surface area (Å²) in [6.07, 6.45) is 1.60. The molecule has 0 saturated carbocycles. The van der Waals surface area contributed by atoms with Gasteiger partial charge in [-0.1, -0.05) is 0 Å². The summed E-state index contributed by atoms with van der Waals surface area (Å²) in [5.41, 5.74) is 0.748. The number of carbonyl (C=O) groups is 2. The number of hydrogen-bond acceptors (Lipinski definition) is 4. The second-order valence-electron chi connectivity index (χ2n) is 4.82. The normalized spacial score (nSPS) is 10.3. The van der Waals surface area contributed by atoms with Crippen LogP contribution in [0.5, 0.6) is 0 Å². The third-order valence-corrected chi connectivity index (χ3v) is 3.93. The molecule has 0 unspecified atom stereocenters. The van der Waals surface area contributed by atoms with Crippen molar-refractivity contribution in [1.82, 2.24) is 4.90 Å². The second-order valence-corrected chi connectivity index (χ2v) is 5.87. The zero-order valence-electron chi connectivity index (χ0n) is 12.5. The van der Waals surface area contributed by atoms with E-state index in [-0.39, 0.29) is 11.8 Å². The molecule has 6 heteroatoms. The van der Waals surface area contributed by atoms with E-state index < -0.39 is 0 Å². The minimum Gasteiger partial charge on any atom is -0.467 e. The molecule has 0 atom stereocenters. The second kappa shape index (κ2) is 7.70. The van der Waals surface area contributed by atoms with Crippen LogP contribution in [0.15, 0.2) is 52.0 Å². The van der Waals surface area contributed by atoms with Crippen LogP contribution in [0.2, 0.25) is 0 Å². The molecule has 0 radical (unpaired) electrons. The molecule has 0 bridgehead atoms. The van der Waals surface area contributed by atoms with E-state index in [4.69, 9.17) is 4.42 Å². The van der Waals surface area contributed by atoms with Gasteiger partial charge in [-0.3, -0.25) is 9.59 Å². The molecule has 2 aromatic rings. The van der Waals surface area contributed by atoms with Gasteiger partial charge in [-0.15, -0.1) is 11.8 Å². The van der Waals surface area contributed by atoms with Crippen molar-refractivity contribution in [1.29, 1.82) is 0 Å². The molecule has 0 aliphatic heterocycles. The molecule has 1 aromatic heterocycles. The molecule has 1 aromatic carbocycles. The number of hydrogen-bond donors (Lipinski definition) is 1. The van der Waals surface area contributed by atoms with Gasteiger partial charge in [0.2, 0.25) is 11.8 Å². The minimum absolute atomic E-state index is 0.0346. The fourth-order valence-electron chi connectivity index (χ4n) is 1.82. The predicted octanol–water partition coefficient (Wildman–Crippen LogP) is 2.99. The van der Waals surface area contributed by atoms with Crippen LogP contribution in [0.1, 0.15) is 12.7 Å². The first-order valence-electron chi connectivity index (χ1n) is 6.81. The molecule has 0 aliphatic rings. The van der Waals surface area contributed by atoms with Gasteiger partial charge in [0.1, 0.15) is 5.76 Å². The number of carbonyl (C=O) groups excluding carboxylic acids is 2. The van der Waals surface area contributed by atoms with Crippen molar-refractivity contribution in [2.45, 2.75) is 18.4 Å². The molecule has 0 fully saturated rings. The number of nitrogens with zero attached hydrogens (tertiary/aromatic N) is 1. The summed E-state index contributed by atoms with van der Waals surface area (Å²) in [6.45, 7) is 1.93. The monoisotopic (exact) mass is 318 g/mol. The smallest absolute Gasteiger partial charge is 0.233 e. The summed E-state index contributed by atoms with van der Waals surface area (Å²) in [7, 11) is 1.76. The molecule has 1 heterocycles. The first kappa shape index (κ1) is 16.2. The summed E-state index contributed by atoms with van der Waals surface area (Å²) in [4.78, 5) is 25.6. The van der Waals surface area contributed by atoms with Crippen molar-refractivity contribution in [3.05, 3.63) is 48.4 Å². The van der Waals surface area contributed by atoms with E-state index >= 15 is 0 Å². The van der Waals surface area contributed by atoms with Crippen LogP contribution in [0.25, 0.3) is 0 Å². The Labute approximate surface area is 133 Å². The van der Waals surface area contributed by atoms with Crippen LogP contribution in [-0.2, 0) is 16.1 Å². The number of rotatable bonds is 6. The third kappa shape index (κ3) is 4.96.